The van der Waals surface area contributed by atoms with Crippen molar-refractivity contribution >= 4 is 35.1 Å². The van der Waals surface area contributed by atoms with Gasteiger partial charge in [-0.05, 0) is 50.9 Å². The Bertz CT molecular complexity index is 924. The van der Waals surface area contributed by atoms with E-state index in [0.29, 0.717) is 11.0 Å². The standard InChI is InChI=1S/C19H27BN2O7S/c1-13(23)21-11-15(20-28-18(2,3)19(4,5)29-20)10-14-6-8-16(9-7-14)30(26,27)22-12-17(24)25/h6-10,22H,11-12H2,1-5H3,(H,21,23)(H,24,25). The highest BCUT2D eigenvalue weighted by Crippen LogP contribution is 2.38. The van der Waals surface area contributed by atoms with Crippen molar-refractivity contribution in [1.29, 1.82) is 0 Å². The molecule has 0 saturated carbocycles. The Labute approximate surface area is 177 Å². The average Bonchev–Trinajstić information content (AvgIpc) is 2.84. The van der Waals surface area contributed by atoms with Gasteiger partial charge in [-0.3, -0.25) is 9.59 Å². The number of aliphatic carboxylic acids is 1. The third-order valence-corrected chi connectivity index (χ3v) is 6.47. The second-order valence-corrected chi connectivity index (χ2v) is 9.77. The zero-order chi connectivity index (χ0) is 22.7. The minimum Gasteiger partial charge on any atom is -0.480 e. The van der Waals surface area contributed by atoms with Gasteiger partial charge < -0.3 is 19.7 Å². The molecular formula is C19H27BN2O7S. The molecule has 1 aliphatic heterocycles. The van der Waals surface area contributed by atoms with Crippen LogP contribution in [0.5, 0.6) is 0 Å². The number of amides is 1. The molecule has 1 saturated heterocycles. The monoisotopic (exact) mass is 438 g/mol. The second kappa shape index (κ2) is 8.89. The van der Waals surface area contributed by atoms with Crippen LogP contribution >= 0.6 is 0 Å². The number of benzene rings is 1. The number of nitrogens with one attached hydrogen (secondary N) is 2. The maximum absolute atomic E-state index is 12.1. The number of carboxylic acids is 1. The molecule has 164 valence electrons. The van der Waals surface area contributed by atoms with Crippen molar-refractivity contribution in [2.24, 2.45) is 0 Å². The van der Waals surface area contributed by atoms with E-state index in [1.165, 1.54) is 19.1 Å². The van der Waals surface area contributed by atoms with E-state index >= 15 is 0 Å². The van der Waals surface area contributed by atoms with Gasteiger partial charge in [-0.25, -0.2) is 8.42 Å². The molecule has 1 aromatic carbocycles. The Kier molecular flexibility index (Phi) is 7.13. The Morgan fingerprint density at radius 1 is 1.07 bits per heavy atom. The van der Waals surface area contributed by atoms with E-state index in [-0.39, 0.29) is 17.3 Å². The van der Waals surface area contributed by atoms with Crippen LogP contribution in [-0.2, 0) is 28.9 Å². The van der Waals surface area contributed by atoms with Gasteiger partial charge in [0.1, 0.15) is 6.54 Å². The van der Waals surface area contributed by atoms with E-state index in [9.17, 15) is 18.0 Å². The summed E-state index contributed by atoms with van der Waals surface area (Å²) in [5, 5.41) is 11.4. The van der Waals surface area contributed by atoms with Crippen LogP contribution in [0.2, 0.25) is 0 Å². The molecule has 0 aliphatic carbocycles. The first kappa shape index (κ1) is 24.1. The lowest BCUT2D eigenvalue weighted by Crippen LogP contribution is -2.41. The number of rotatable bonds is 8. The molecule has 1 amide bonds. The number of carbonyl (C=O) groups excluding carboxylic acids is 1. The van der Waals surface area contributed by atoms with E-state index in [1.54, 1.807) is 18.2 Å². The van der Waals surface area contributed by atoms with Crippen LogP contribution in [0.1, 0.15) is 40.2 Å². The van der Waals surface area contributed by atoms with E-state index in [0.717, 1.165) is 0 Å². The van der Waals surface area contributed by atoms with Crippen molar-refractivity contribution < 1.29 is 32.4 Å². The van der Waals surface area contributed by atoms with Crippen molar-refractivity contribution in [3.63, 3.8) is 0 Å². The van der Waals surface area contributed by atoms with Crippen LogP contribution in [0.4, 0.5) is 0 Å². The molecule has 0 radical (unpaired) electrons. The van der Waals surface area contributed by atoms with E-state index in [2.05, 4.69) is 5.32 Å². The highest BCUT2D eigenvalue weighted by Gasteiger charge is 2.52. The number of hydrogen-bond acceptors (Lipinski definition) is 6. The lowest BCUT2D eigenvalue weighted by Gasteiger charge is -2.32. The molecule has 0 aromatic heterocycles. The zero-order valence-electron chi connectivity index (χ0n) is 17.7. The van der Waals surface area contributed by atoms with Gasteiger partial charge in [0.2, 0.25) is 15.9 Å². The van der Waals surface area contributed by atoms with E-state index in [1.807, 2.05) is 32.4 Å². The molecule has 11 heteroatoms. The smallest absolute Gasteiger partial charge is 0.480 e. The van der Waals surface area contributed by atoms with Gasteiger partial charge in [-0.1, -0.05) is 18.2 Å². The summed E-state index contributed by atoms with van der Waals surface area (Å²) >= 11 is 0. The fraction of sp³-hybridized carbons (Fsp3) is 0.474. The first-order valence-corrected chi connectivity index (χ1v) is 10.8. The summed E-state index contributed by atoms with van der Waals surface area (Å²) < 4.78 is 38.4. The van der Waals surface area contributed by atoms with Crippen LogP contribution in [0.3, 0.4) is 0 Å². The Morgan fingerprint density at radius 2 is 1.60 bits per heavy atom. The first-order valence-electron chi connectivity index (χ1n) is 9.35. The maximum Gasteiger partial charge on any atom is 0.492 e. The van der Waals surface area contributed by atoms with E-state index in [4.69, 9.17) is 14.4 Å². The molecule has 0 bridgehead atoms. The van der Waals surface area contributed by atoms with Crippen LogP contribution in [0, 0.1) is 0 Å². The molecule has 0 spiro atoms. The summed E-state index contributed by atoms with van der Waals surface area (Å²) in [6.07, 6.45) is 1.76. The molecule has 1 heterocycles. The molecule has 30 heavy (non-hydrogen) atoms. The number of carbonyl (C=O) groups is 2. The molecule has 1 aliphatic rings. The van der Waals surface area contributed by atoms with Gasteiger partial charge in [-0.15, -0.1) is 0 Å². The lowest BCUT2D eigenvalue weighted by atomic mass is 9.77. The summed E-state index contributed by atoms with van der Waals surface area (Å²) in [5.41, 5.74) is 0.229. The van der Waals surface area contributed by atoms with Gasteiger partial charge in [0.25, 0.3) is 0 Å². The molecule has 3 N–H and O–H groups in total. The fourth-order valence-electron chi connectivity index (χ4n) is 2.62. The molecule has 0 unspecified atom stereocenters. The summed E-state index contributed by atoms with van der Waals surface area (Å²) in [5.74, 6) is -1.48. The summed E-state index contributed by atoms with van der Waals surface area (Å²) in [6.45, 7) is 8.60. The highest BCUT2D eigenvalue weighted by atomic mass is 32.2. The lowest BCUT2D eigenvalue weighted by molar-refractivity contribution is -0.135. The summed E-state index contributed by atoms with van der Waals surface area (Å²) in [6, 6.07) is 5.90. The van der Waals surface area contributed by atoms with Gasteiger partial charge in [-0.2, -0.15) is 4.72 Å². The van der Waals surface area contributed by atoms with Gasteiger partial charge in [0, 0.05) is 13.5 Å². The van der Waals surface area contributed by atoms with E-state index < -0.39 is 40.9 Å². The van der Waals surface area contributed by atoms with Crippen LogP contribution in [0.25, 0.3) is 6.08 Å². The minimum absolute atomic E-state index is 0.0556. The Morgan fingerprint density at radius 3 is 2.07 bits per heavy atom. The first-order chi connectivity index (χ1) is 13.7. The molecule has 0 atom stereocenters. The molecule has 1 fully saturated rings. The van der Waals surface area contributed by atoms with Crippen LogP contribution in [0.15, 0.2) is 34.6 Å². The Balaban J connectivity index is 2.28. The number of carboxylic acid groups (broad SMARTS) is 1. The largest absolute Gasteiger partial charge is 0.492 e. The van der Waals surface area contributed by atoms with Crippen molar-refractivity contribution in [1.82, 2.24) is 10.0 Å². The molecule has 9 nitrogen and oxygen atoms in total. The summed E-state index contributed by atoms with van der Waals surface area (Å²) in [7, 11) is -4.60. The van der Waals surface area contributed by atoms with Gasteiger partial charge in [0.15, 0.2) is 0 Å². The minimum atomic E-state index is -3.93. The number of hydrogen-bond donors (Lipinski definition) is 3. The molecule has 2 rings (SSSR count). The highest BCUT2D eigenvalue weighted by molar-refractivity contribution is 7.89. The Hall–Kier alpha value is -2.21. The van der Waals surface area contributed by atoms with Crippen molar-refractivity contribution in [3.05, 3.63) is 35.3 Å². The van der Waals surface area contributed by atoms with Crippen molar-refractivity contribution in [2.75, 3.05) is 13.1 Å². The molecular weight excluding hydrogens is 411 g/mol. The molecule has 1 aromatic rings. The zero-order valence-corrected chi connectivity index (χ0v) is 18.5. The van der Waals surface area contributed by atoms with Gasteiger partial charge >= 0.3 is 13.1 Å². The third kappa shape index (κ3) is 5.91. The predicted octanol–water partition coefficient (Wildman–Crippen LogP) is 1.20. The quantitative estimate of drug-likeness (QED) is 0.520. The van der Waals surface area contributed by atoms with Crippen LogP contribution in [-0.4, -0.2) is 56.8 Å². The predicted molar refractivity (Wildman–Crippen MR) is 112 cm³/mol. The van der Waals surface area contributed by atoms with Crippen molar-refractivity contribution in [2.45, 2.75) is 50.7 Å². The number of sulfonamides is 1. The normalized spacial score (nSPS) is 18.3. The maximum atomic E-state index is 12.1. The van der Waals surface area contributed by atoms with Crippen LogP contribution < -0.4 is 10.0 Å². The average molecular weight is 438 g/mol. The fourth-order valence-corrected chi connectivity index (χ4v) is 3.60. The summed E-state index contributed by atoms with van der Waals surface area (Å²) in [4.78, 5) is 21.9. The second-order valence-electron chi connectivity index (χ2n) is 8.00. The van der Waals surface area contributed by atoms with Gasteiger partial charge in [0.05, 0.1) is 16.1 Å². The van der Waals surface area contributed by atoms with Crippen molar-refractivity contribution in [3.8, 4) is 0 Å². The SMILES string of the molecule is CC(=O)NCC(=Cc1ccc(S(=O)(=O)NCC(=O)O)cc1)B1OC(C)(C)C(C)(C)O1. The third-order valence-electron chi connectivity index (χ3n) is 5.05. The topological polar surface area (TPSA) is 131 Å².